The third-order valence-corrected chi connectivity index (χ3v) is 4.56. The Hall–Kier alpha value is -1.34. The number of carboxylic acids is 1. The quantitative estimate of drug-likeness (QED) is 0.566. The number of aryl methyl sites for hydroxylation is 1. The maximum absolute atomic E-state index is 11.3. The lowest BCUT2D eigenvalue weighted by molar-refractivity contribution is 0.0685. The Bertz CT molecular complexity index is 549. The highest BCUT2D eigenvalue weighted by molar-refractivity contribution is 7.99. The van der Waals surface area contributed by atoms with Gasteiger partial charge in [-0.15, -0.1) is 11.8 Å². The highest BCUT2D eigenvalue weighted by Crippen LogP contribution is 2.35. The number of hydrogen-bond donors (Lipinski definition) is 3. The van der Waals surface area contributed by atoms with Gasteiger partial charge in [-0.05, 0) is 19.8 Å². The predicted molar refractivity (Wildman–Crippen MR) is 70.7 cm³/mol. The number of H-pyrrole nitrogens is 1. The molecule has 1 aromatic rings. The lowest BCUT2D eigenvalue weighted by Gasteiger charge is -2.21. The van der Waals surface area contributed by atoms with Gasteiger partial charge in [0.05, 0.1) is 5.60 Å². The molecule has 0 bridgehead atoms. The van der Waals surface area contributed by atoms with Crippen LogP contribution in [-0.4, -0.2) is 37.5 Å². The fourth-order valence-corrected chi connectivity index (χ4v) is 3.52. The largest absolute Gasteiger partial charge is 0.478 e. The summed E-state index contributed by atoms with van der Waals surface area (Å²) in [7, 11) is 0. The molecular formula is C12H16N2O4S. The topological polar surface area (TPSA) is 103 Å². The molecule has 0 atom stereocenters. The minimum Gasteiger partial charge on any atom is -0.478 e. The zero-order valence-corrected chi connectivity index (χ0v) is 11.4. The van der Waals surface area contributed by atoms with Crippen LogP contribution < -0.4 is 5.69 Å². The molecule has 0 unspecified atom stereocenters. The van der Waals surface area contributed by atoms with Crippen LogP contribution in [0.4, 0.5) is 0 Å². The van der Waals surface area contributed by atoms with Crippen molar-refractivity contribution in [1.82, 2.24) is 9.97 Å². The normalized spacial score (nSPS) is 17.6. The number of aromatic nitrogens is 2. The number of aliphatic hydroxyl groups is 1. The van der Waals surface area contributed by atoms with Gasteiger partial charge in [-0.25, -0.2) is 9.59 Å². The van der Waals surface area contributed by atoms with Gasteiger partial charge in [-0.2, -0.15) is 4.98 Å². The van der Waals surface area contributed by atoms with Crippen molar-refractivity contribution in [3.05, 3.63) is 21.7 Å². The SMILES string of the molecule is Cc1[nH]c(=O)nc(SCC2(O)CCCC2)c1C(=O)O. The van der Waals surface area contributed by atoms with Crippen LogP contribution in [0.15, 0.2) is 9.82 Å². The summed E-state index contributed by atoms with van der Waals surface area (Å²) in [6.45, 7) is 1.53. The number of aromatic amines is 1. The van der Waals surface area contributed by atoms with Crippen LogP contribution in [0.3, 0.4) is 0 Å². The maximum atomic E-state index is 11.3. The minimum absolute atomic E-state index is 0.00574. The van der Waals surface area contributed by atoms with E-state index >= 15 is 0 Å². The first-order valence-electron chi connectivity index (χ1n) is 6.11. The molecule has 1 heterocycles. The fraction of sp³-hybridized carbons (Fsp3) is 0.583. The molecule has 0 aromatic carbocycles. The standard InChI is InChI=1S/C12H16N2O4S/c1-7-8(10(15)16)9(14-11(17)13-7)19-6-12(18)4-2-3-5-12/h18H,2-6H2,1H3,(H,15,16)(H,13,14,17). The zero-order valence-electron chi connectivity index (χ0n) is 10.6. The molecule has 0 aliphatic heterocycles. The maximum Gasteiger partial charge on any atom is 0.346 e. The minimum atomic E-state index is -1.12. The molecule has 7 heteroatoms. The molecule has 0 saturated heterocycles. The first-order chi connectivity index (χ1) is 8.91. The van der Waals surface area contributed by atoms with Crippen LogP contribution in [0.1, 0.15) is 41.7 Å². The molecule has 0 radical (unpaired) electrons. The van der Waals surface area contributed by atoms with Gasteiger partial charge >= 0.3 is 11.7 Å². The molecule has 1 aliphatic rings. The molecule has 2 rings (SSSR count). The summed E-state index contributed by atoms with van der Waals surface area (Å²) in [5.74, 6) is -0.759. The summed E-state index contributed by atoms with van der Waals surface area (Å²) < 4.78 is 0. The Morgan fingerprint density at radius 3 is 2.68 bits per heavy atom. The third-order valence-electron chi connectivity index (χ3n) is 3.31. The van der Waals surface area contributed by atoms with Crippen molar-refractivity contribution >= 4 is 17.7 Å². The molecule has 1 aliphatic carbocycles. The second-order valence-corrected chi connectivity index (χ2v) is 5.84. The average molecular weight is 284 g/mol. The molecule has 104 valence electrons. The summed E-state index contributed by atoms with van der Waals surface area (Å²) in [6, 6.07) is 0. The van der Waals surface area contributed by atoms with Crippen LogP contribution in [-0.2, 0) is 0 Å². The van der Waals surface area contributed by atoms with Gasteiger partial charge in [-0.1, -0.05) is 12.8 Å². The fourth-order valence-electron chi connectivity index (χ4n) is 2.30. The second kappa shape index (κ2) is 5.34. The Labute approximate surface area is 114 Å². The van der Waals surface area contributed by atoms with E-state index in [4.69, 9.17) is 5.11 Å². The summed E-state index contributed by atoms with van der Waals surface area (Å²) in [5, 5.41) is 19.6. The third kappa shape index (κ3) is 3.16. The van der Waals surface area contributed by atoms with Gasteiger partial charge in [0.2, 0.25) is 0 Å². The van der Waals surface area contributed by atoms with E-state index in [1.807, 2.05) is 0 Å². The van der Waals surface area contributed by atoms with E-state index in [2.05, 4.69) is 9.97 Å². The first-order valence-corrected chi connectivity index (χ1v) is 7.09. The molecule has 0 spiro atoms. The zero-order chi connectivity index (χ0) is 14.0. The smallest absolute Gasteiger partial charge is 0.346 e. The van der Waals surface area contributed by atoms with Crippen molar-refractivity contribution in [2.45, 2.75) is 43.2 Å². The molecule has 1 aromatic heterocycles. The number of carbonyl (C=O) groups is 1. The van der Waals surface area contributed by atoms with Crippen molar-refractivity contribution in [1.29, 1.82) is 0 Å². The first kappa shape index (κ1) is 14.1. The average Bonchev–Trinajstić information content (AvgIpc) is 2.72. The number of aromatic carboxylic acids is 1. The summed E-state index contributed by atoms with van der Waals surface area (Å²) in [6.07, 6.45) is 3.38. The molecule has 0 amide bonds. The van der Waals surface area contributed by atoms with Gasteiger partial charge in [0.1, 0.15) is 10.6 Å². The van der Waals surface area contributed by atoms with Gasteiger partial charge in [0, 0.05) is 11.4 Å². The Morgan fingerprint density at radius 1 is 1.47 bits per heavy atom. The monoisotopic (exact) mass is 284 g/mol. The van der Waals surface area contributed by atoms with E-state index in [0.717, 1.165) is 24.6 Å². The van der Waals surface area contributed by atoms with Crippen molar-refractivity contribution in [3.8, 4) is 0 Å². The van der Waals surface area contributed by atoms with Crippen molar-refractivity contribution in [2.75, 3.05) is 5.75 Å². The lowest BCUT2D eigenvalue weighted by Crippen LogP contribution is -2.28. The summed E-state index contributed by atoms with van der Waals surface area (Å²) in [5.41, 5.74) is -1.04. The predicted octanol–water partition coefficient (Wildman–Crippen LogP) is 1.17. The number of nitrogens with one attached hydrogen (secondary N) is 1. The van der Waals surface area contributed by atoms with Gasteiger partial charge in [-0.3, -0.25) is 0 Å². The van der Waals surface area contributed by atoms with Crippen LogP contribution >= 0.6 is 11.8 Å². The van der Waals surface area contributed by atoms with Crippen molar-refractivity contribution < 1.29 is 15.0 Å². The van der Waals surface area contributed by atoms with E-state index in [1.165, 1.54) is 6.92 Å². The van der Waals surface area contributed by atoms with Gasteiger partial charge in [0.25, 0.3) is 0 Å². The number of rotatable bonds is 4. The Kier molecular flexibility index (Phi) is 3.96. The number of thioether (sulfide) groups is 1. The van der Waals surface area contributed by atoms with Crippen LogP contribution in [0.5, 0.6) is 0 Å². The number of hydrogen-bond acceptors (Lipinski definition) is 5. The molecule has 6 nitrogen and oxygen atoms in total. The van der Waals surface area contributed by atoms with Crippen LogP contribution in [0, 0.1) is 6.92 Å². The number of nitrogens with zero attached hydrogens (tertiary/aromatic N) is 1. The summed E-state index contributed by atoms with van der Waals surface area (Å²) >= 11 is 1.14. The number of carboxylic acid groups (broad SMARTS) is 1. The molecule has 1 fully saturated rings. The van der Waals surface area contributed by atoms with Crippen LogP contribution in [0.2, 0.25) is 0 Å². The van der Waals surface area contributed by atoms with Gasteiger partial charge in [0.15, 0.2) is 0 Å². The molecule has 1 saturated carbocycles. The summed E-state index contributed by atoms with van der Waals surface area (Å²) in [4.78, 5) is 28.6. The Morgan fingerprint density at radius 2 is 2.11 bits per heavy atom. The van der Waals surface area contributed by atoms with E-state index in [9.17, 15) is 14.7 Å². The Balaban J connectivity index is 2.24. The molecular weight excluding hydrogens is 268 g/mol. The van der Waals surface area contributed by atoms with Crippen molar-refractivity contribution in [2.24, 2.45) is 0 Å². The van der Waals surface area contributed by atoms with E-state index < -0.39 is 17.3 Å². The van der Waals surface area contributed by atoms with Crippen LogP contribution in [0.25, 0.3) is 0 Å². The van der Waals surface area contributed by atoms with E-state index in [-0.39, 0.29) is 16.3 Å². The molecule has 3 N–H and O–H groups in total. The molecule has 19 heavy (non-hydrogen) atoms. The highest BCUT2D eigenvalue weighted by Gasteiger charge is 2.32. The second-order valence-electron chi connectivity index (χ2n) is 4.87. The van der Waals surface area contributed by atoms with Crippen molar-refractivity contribution in [3.63, 3.8) is 0 Å². The lowest BCUT2D eigenvalue weighted by atomic mass is 10.1. The van der Waals surface area contributed by atoms with E-state index in [1.54, 1.807) is 0 Å². The van der Waals surface area contributed by atoms with E-state index in [0.29, 0.717) is 18.6 Å². The highest BCUT2D eigenvalue weighted by atomic mass is 32.2. The van der Waals surface area contributed by atoms with Gasteiger partial charge < -0.3 is 15.2 Å².